The molecule has 2 heterocycles. The number of carbonyl (C=O) groups excluding carboxylic acids is 2. The number of aromatic nitrogens is 2. The van der Waals surface area contributed by atoms with Crippen LogP contribution in [0.4, 0.5) is 0 Å². The lowest BCUT2D eigenvalue weighted by Crippen LogP contribution is -2.51. The molecule has 1 aromatic heterocycles. The molecule has 0 saturated carbocycles. The summed E-state index contributed by atoms with van der Waals surface area (Å²) in [5.74, 6) is -0.302. The quantitative estimate of drug-likeness (QED) is 0.393. The van der Waals surface area contributed by atoms with Crippen LogP contribution in [0.5, 0.6) is 5.75 Å². The van der Waals surface area contributed by atoms with Crippen LogP contribution in [-0.4, -0.2) is 70.6 Å². The second-order valence-corrected chi connectivity index (χ2v) is 8.44. The Morgan fingerprint density at radius 1 is 0.970 bits per heavy atom. The van der Waals surface area contributed by atoms with Crippen molar-refractivity contribution in [3.8, 4) is 11.4 Å². The minimum atomic E-state index is -0.498. The van der Waals surface area contributed by atoms with Crippen LogP contribution in [0.2, 0.25) is 5.02 Å². The van der Waals surface area contributed by atoms with Crippen molar-refractivity contribution < 1.29 is 14.3 Å². The van der Waals surface area contributed by atoms with Gasteiger partial charge in [0.25, 0.3) is 11.7 Å². The zero-order chi connectivity index (χ0) is 23.4. The molecule has 4 rings (SSSR count). The molecule has 0 N–H and O–H groups in total. The predicted octanol–water partition coefficient (Wildman–Crippen LogP) is 3.55. The first-order valence-electron chi connectivity index (χ1n) is 11.0. The van der Waals surface area contributed by atoms with Gasteiger partial charge in [0.1, 0.15) is 12.4 Å². The summed E-state index contributed by atoms with van der Waals surface area (Å²) in [4.78, 5) is 29.9. The highest BCUT2D eigenvalue weighted by Gasteiger charge is 2.30. The summed E-state index contributed by atoms with van der Waals surface area (Å²) in [7, 11) is 0. The third-order valence-electron chi connectivity index (χ3n) is 5.87. The molecular weight excluding hydrogens is 440 g/mol. The minimum absolute atomic E-state index is 0.388. The van der Waals surface area contributed by atoms with Crippen molar-refractivity contribution in [1.82, 2.24) is 19.6 Å². The van der Waals surface area contributed by atoms with Crippen LogP contribution < -0.4 is 4.74 Å². The van der Waals surface area contributed by atoms with Gasteiger partial charge in [-0.3, -0.25) is 14.5 Å². The third-order valence-corrected chi connectivity index (χ3v) is 6.19. The Labute approximate surface area is 198 Å². The van der Waals surface area contributed by atoms with Crippen LogP contribution in [0.25, 0.3) is 5.69 Å². The zero-order valence-electron chi connectivity index (χ0n) is 18.8. The second-order valence-electron chi connectivity index (χ2n) is 8.04. The van der Waals surface area contributed by atoms with Crippen LogP contribution in [0.1, 0.15) is 21.7 Å². The zero-order valence-corrected chi connectivity index (χ0v) is 19.6. The van der Waals surface area contributed by atoms with Crippen molar-refractivity contribution in [2.75, 3.05) is 39.3 Å². The standard InChI is InChI=1S/C25H27ClN4O3/c1-18-23(19(2)30(27-18)20-8-4-3-5-9-20)24(31)25(32)29-14-12-28(13-15-29)16-17-33-22-11-7-6-10-21(22)26/h3-11H,12-17H2,1-2H3. The van der Waals surface area contributed by atoms with Gasteiger partial charge in [0.15, 0.2) is 0 Å². The fraction of sp³-hybridized carbons (Fsp3) is 0.320. The number of para-hydroxylation sites is 2. The van der Waals surface area contributed by atoms with Gasteiger partial charge < -0.3 is 9.64 Å². The summed E-state index contributed by atoms with van der Waals surface area (Å²) < 4.78 is 7.47. The number of carbonyl (C=O) groups is 2. The molecule has 1 aliphatic rings. The number of Topliss-reactive ketones (excluding diaryl/α,β-unsaturated/α-hetero) is 1. The van der Waals surface area contributed by atoms with E-state index in [4.69, 9.17) is 16.3 Å². The van der Waals surface area contributed by atoms with Crippen LogP contribution in [0.15, 0.2) is 54.6 Å². The SMILES string of the molecule is Cc1nn(-c2ccccc2)c(C)c1C(=O)C(=O)N1CCN(CCOc2ccccc2Cl)CC1. The van der Waals surface area contributed by atoms with Gasteiger partial charge >= 0.3 is 0 Å². The monoisotopic (exact) mass is 466 g/mol. The van der Waals surface area contributed by atoms with Crippen molar-refractivity contribution in [2.24, 2.45) is 0 Å². The molecule has 3 aromatic rings. The number of aryl methyl sites for hydroxylation is 1. The van der Waals surface area contributed by atoms with E-state index < -0.39 is 11.7 Å². The van der Waals surface area contributed by atoms with Gasteiger partial charge in [-0.1, -0.05) is 41.9 Å². The van der Waals surface area contributed by atoms with E-state index in [1.54, 1.807) is 22.6 Å². The molecule has 0 spiro atoms. The van der Waals surface area contributed by atoms with Crippen LogP contribution >= 0.6 is 11.6 Å². The van der Waals surface area contributed by atoms with Gasteiger partial charge in [-0.05, 0) is 38.1 Å². The molecule has 1 amide bonds. The van der Waals surface area contributed by atoms with Gasteiger partial charge in [-0.2, -0.15) is 5.10 Å². The average molecular weight is 467 g/mol. The third kappa shape index (κ3) is 5.10. The van der Waals surface area contributed by atoms with E-state index in [-0.39, 0.29) is 0 Å². The number of nitrogens with zero attached hydrogens (tertiary/aromatic N) is 4. The van der Waals surface area contributed by atoms with E-state index in [9.17, 15) is 9.59 Å². The molecule has 0 atom stereocenters. The van der Waals surface area contributed by atoms with Gasteiger partial charge in [-0.25, -0.2) is 4.68 Å². The first-order valence-corrected chi connectivity index (χ1v) is 11.4. The Kier molecular flexibility index (Phi) is 7.11. The van der Waals surface area contributed by atoms with Crippen LogP contribution in [-0.2, 0) is 4.79 Å². The molecule has 1 aliphatic heterocycles. The number of ketones is 1. The first-order chi connectivity index (χ1) is 16.0. The number of rotatable bonds is 7. The van der Waals surface area contributed by atoms with E-state index in [1.807, 2.05) is 55.5 Å². The molecule has 0 unspecified atom stereocenters. The molecule has 0 radical (unpaired) electrons. The van der Waals surface area contributed by atoms with E-state index in [2.05, 4.69) is 10.00 Å². The number of amides is 1. The summed E-state index contributed by atoms with van der Waals surface area (Å²) in [6, 6.07) is 17.0. The molecule has 33 heavy (non-hydrogen) atoms. The van der Waals surface area contributed by atoms with Gasteiger partial charge in [-0.15, -0.1) is 0 Å². The van der Waals surface area contributed by atoms with Crippen LogP contribution in [0, 0.1) is 13.8 Å². The molecule has 0 bridgehead atoms. The number of hydrogen-bond acceptors (Lipinski definition) is 5. The van der Waals surface area contributed by atoms with E-state index in [0.717, 1.165) is 12.2 Å². The number of ether oxygens (including phenoxy) is 1. The molecule has 0 aliphatic carbocycles. The summed E-state index contributed by atoms with van der Waals surface area (Å²) in [5.41, 5.74) is 2.48. The number of piperazine rings is 1. The maximum absolute atomic E-state index is 13.1. The molecule has 1 fully saturated rings. The lowest BCUT2D eigenvalue weighted by molar-refractivity contribution is -0.128. The molecule has 8 heteroatoms. The summed E-state index contributed by atoms with van der Waals surface area (Å²) >= 11 is 6.12. The Morgan fingerprint density at radius 2 is 1.64 bits per heavy atom. The highest BCUT2D eigenvalue weighted by molar-refractivity contribution is 6.43. The lowest BCUT2D eigenvalue weighted by Gasteiger charge is -2.34. The Hall–Kier alpha value is -3.16. The van der Waals surface area contributed by atoms with Crippen molar-refractivity contribution >= 4 is 23.3 Å². The smallest absolute Gasteiger partial charge is 0.295 e. The molecule has 2 aromatic carbocycles. The van der Waals surface area contributed by atoms with E-state index in [1.165, 1.54) is 0 Å². The molecule has 7 nitrogen and oxygen atoms in total. The molecule has 1 saturated heterocycles. The van der Waals surface area contributed by atoms with Gasteiger partial charge in [0.2, 0.25) is 0 Å². The fourth-order valence-electron chi connectivity index (χ4n) is 4.06. The van der Waals surface area contributed by atoms with E-state index in [0.29, 0.717) is 60.5 Å². The largest absolute Gasteiger partial charge is 0.491 e. The van der Waals surface area contributed by atoms with Crippen molar-refractivity contribution in [1.29, 1.82) is 0 Å². The number of halogens is 1. The van der Waals surface area contributed by atoms with E-state index >= 15 is 0 Å². The number of hydrogen-bond donors (Lipinski definition) is 0. The van der Waals surface area contributed by atoms with Gasteiger partial charge in [0, 0.05) is 32.7 Å². The normalized spacial score (nSPS) is 14.3. The van der Waals surface area contributed by atoms with Crippen molar-refractivity contribution in [2.45, 2.75) is 13.8 Å². The lowest BCUT2D eigenvalue weighted by atomic mass is 10.1. The summed E-state index contributed by atoms with van der Waals surface area (Å²) in [5, 5.41) is 5.09. The molecule has 172 valence electrons. The Morgan fingerprint density at radius 3 is 2.33 bits per heavy atom. The highest BCUT2D eigenvalue weighted by atomic mass is 35.5. The van der Waals surface area contributed by atoms with Crippen LogP contribution in [0.3, 0.4) is 0 Å². The maximum atomic E-state index is 13.1. The topological polar surface area (TPSA) is 67.7 Å². The van der Waals surface area contributed by atoms with Crippen molar-refractivity contribution in [3.63, 3.8) is 0 Å². The average Bonchev–Trinajstić information content (AvgIpc) is 3.14. The highest BCUT2D eigenvalue weighted by Crippen LogP contribution is 2.23. The van der Waals surface area contributed by atoms with Crippen molar-refractivity contribution in [3.05, 3.63) is 76.6 Å². The Bertz CT molecular complexity index is 1140. The fourth-order valence-corrected chi connectivity index (χ4v) is 4.25. The van der Waals surface area contributed by atoms with Gasteiger partial charge in [0.05, 0.1) is 27.7 Å². The molecular formula is C25H27ClN4O3. The summed E-state index contributed by atoms with van der Waals surface area (Å²) in [6.45, 7) is 7.20. The predicted molar refractivity (Wildman–Crippen MR) is 127 cm³/mol. The Balaban J connectivity index is 1.33. The summed E-state index contributed by atoms with van der Waals surface area (Å²) in [6.07, 6.45) is 0. The maximum Gasteiger partial charge on any atom is 0.295 e. The second kappa shape index (κ2) is 10.2. The minimum Gasteiger partial charge on any atom is -0.491 e. The first kappa shape index (κ1) is 23.0. The number of benzene rings is 2.